The van der Waals surface area contributed by atoms with Gasteiger partial charge >= 0.3 is 0 Å². The van der Waals surface area contributed by atoms with Crippen molar-refractivity contribution in [3.63, 3.8) is 0 Å². The fourth-order valence-corrected chi connectivity index (χ4v) is 3.01. The van der Waals surface area contributed by atoms with E-state index in [1.165, 1.54) is 20.9 Å². The van der Waals surface area contributed by atoms with Gasteiger partial charge in [0.15, 0.2) is 0 Å². The second kappa shape index (κ2) is 4.20. The molecule has 0 aliphatic carbocycles. The molecule has 0 bridgehead atoms. The lowest BCUT2D eigenvalue weighted by Crippen LogP contribution is -1.79. The van der Waals surface area contributed by atoms with Crippen LogP contribution in [0.4, 0.5) is 0 Å². The molecule has 3 rings (SSSR count). The Balaban J connectivity index is 2.07. The number of rotatable bonds is 2. The summed E-state index contributed by atoms with van der Waals surface area (Å²) in [7, 11) is 0. The quantitative estimate of drug-likeness (QED) is 0.644. The molecule has 0 amide bonds. The van der Waals surface area contributed by atoms with E-state index in [0.717, 1.165) is 0 Å². The zero-order chi connectivity index (χ0) is 10.8. The number of pyridine rings is 1. The lowest BCUT2D eigenvalue weighted by molar-refractivity contribution is 1.34. The molecule has 1 nitrogen and oxygen atoms in total. The molecule has 3 aromatic rings. The second-order valence-corrected chi connectivity index (χ2v) is 5.31. The van der Waals surface area contributed by atoms with Gasteiger partial charge in [0.25, 0.3) is 0 Å². The molecule has 0 aromatic carbocycles. The molecule has 0 saturated carbocycles. The third-order valence-corrected chi connectivity index (χ3v) is 4.19. The standard InChI is InChI=1S/C13H9NS2/c1-3-12(15-5-1)10-7-11(9-14-8-10)13-4-2-6-16-13/h1-9H. The van der Waals surface area contributed by atoms with Crippen LogP contribution in [0.3, 0.4) is 0 Å². The summed E-state index contributed by atoms with van der Waals surface area (Å²) in [4.78, 5) is 6.85. The average molecular weight is 243 g/mol. The molecule has 0 N–H and O–H groups in total. The van der Waals surface area contributed by atoms with Gasteiger partial charge in [0.2, 0.25) is 0 Å². The van der Waals surface area contributed by atoms with Crippen molar-refractivity contribution in [3.05, 3.63) is 53.5 Å². The number of hydrogen-bond acceptors (Lipinski definition) is 3. The molecular weight excluding hydrogens is 234 g/mol. The predicted molar refractivity (Wildman–Crippen MR) is 70.9 cm³/mol. The van der Waals surface area contributed by atoms with Crippen molar-refractivity contribution in [3.8, 4) is 20.9 Å². The maximum atomic E-state index is 4.31. The highest BCUT2D eigenvalue weighted by Crippen LogP contribution is 2.30. The Morgan fingerprint density at radius 1 is 0.812 bits per heavy atom. The molecule has 16 heavy (non-hydrogen) atoms. The highest BCUT2D eigenvalue weighted by Gasteiger charge is 2.03. The van der Waals surface area contributed by atoms with Gasteiger partial charge in [0, 0.05) is 33.3 Å². The maximum absolute atomic E-state index is 4.31. The summed E-state index contributed by atoms with van der Waals surface area (Å²) in [6.07, 6.45) is 3.84. The first-order valence-electron chi connectivity index (χ1n) is 4.96. The van der Waals surface area contributed by atoms with Crippen LogP contribution in [0.1, 0.15) is 0 Å². The lowest BCUT2D eigenvalue weighted by Gasteiger charge is -2.00. The monoisotopic (exact) mass is 243 g/mol. The molecule has 3 heteroatoms. The Morgan fingerprint density at radius 3 is 1.81 bits per heavy atom. The van der Waals surface area contributed by atoms with Gasteiger partial charge in [0.1, 0.15) is 0 Å². The molecule has 3 heterocycles. The van der Waals surface area contributed by atoms with Crippen LogP contribution in [0.2, 0.25) is 0 Å². The number of hydrogen-bond donors (Lipinski definition) is 0. The average Bonchev–Trinajstić information content (AvgIpc) is 3.03. The highest BCUT2D eigenvalue weighted by atomic mass is 32.1. The fraction of sp³-hybridized carbons (Fsp3) is 0. The SMILES string of the molecule is c1csc(-c2cncc(-c3cccs3)c2)c1. The van der Waals surface area contributed by atoms with Crippen LogP contribution in [0.5, 0.6) is 0 Å². The molecule has 0 fully saturated rings. The molecule has 0 radical (unpaired) electrons. The predicted octanol–water partition coefficient (Wildman–Crippen LogP) is 4.54. The van der Waals surface area contributed by atoms with E-state index in [0.29, 0.717) is 0 Å². The number of nitrogens with zero attached hydrogens (tertiary/aromatic N) is 1. The van der Waals surface area contributed by atoms with Gasteiger partial charge in [-0.05, 0) is 29.0 Å². The van der Waals surface area contributed by atoms with Crippen molar-refractivity contribution in [2.45, 2.75) is 0 Å². The Kier molecular flexibility index (Phi) is 2.56. The van der Waals surface area contributed by atoms with Gasteiger partial charge in [-0.2, -0.15) is 0 Å². The third kappa shape index (κ3) is 1.79. The van der Waals surface area contributed by atoms with E-state index in [4.69, 9.17) is 0 Å². The number of thiophene rings is 2. The Labute approximate surface area is 102 Å². The Bertz CT molecular complexity index is 518. The fourth-order valence-electron chi connectivity index (χ4n) is 1.60. The zero-order valence-electron chi connectivity index (χ0n) is 8.46. The van der Waals surface area contributed by atoms with Crippen molar-refractivity contribution < 1.29 is 0 Å². The molecular formula is C13H9NS2. The summed E-state index contributed by atoms with van der Waals surface area (Å²) in [5.74, 6) is 0. The van der Waals surface area contributed by atoms with Crippen LogP contribution in [0.15, 0.2) is 53.5 Å². The van der Waals surface area contributed by atoms with Crippen LogP contribution < -0.4 is 0 Å². The van der Waals surface area contributed by atoms with E-state index in [2.05, 4.69) is 46.1 Å². The van der Waals surface area contributed by atoms with Gasteiger partial charge < -0.3 is 0 Å². The van der Waals surface area contributed by atoms with E-state index in [-0.39, 0.29) is 0 Å². The van der Waals surface area contributed by atoms with Gasteiger partial charge in [0.05, 0.1) is 0 Å². The van der Waals surface area contributed by atoms with Crippen molar-refractivity contribution >= 4 is 22.7 Å². The minimum absolute atomic E-state index is 1.20. The van der Waals surface area contributed by atoms with Crippen molar-refractivity contribution in [1.82, 2.24) is 4.98 Å². The van der Waals surface area contributed by atoms with E-state index in [1.54, 1.807) is 22.7 Å². The van der Waals surface area contributed by atoms with Gasteiger partial charge in [-0.1, -0.05) is 12.1 Å². The number of aromatic nitrogens is 1. The van der Waals surface area contributed by atoms with Crippen molar-refractivity contribution in [2.75, 3.05) is 0 Å². The Morgan fingerprint density at radius 2 is 1.38 bits per heavy atom. The summed E-state index contributed by atoms with van der Waals surface area (Å²) < 4.78 is 0. The van der Waals surface area contributed by atoms with Crippen molar-refractivity contribution in [1.29, 1.82) is 0 Å². The normalized spacial score (nSPS) is 10.5. The topological polar surface area (TPSA) is 12.9 Å². The molecule has 0 unspecified atom stereocenters. The second-order valence-electron chi connectivity index (χ2n) is 3.42. The van der Waals surface area contributed by atoms with Crippen LogP contribution in [-0.2, 0) is 0 Å². The van der Waals surface area contributed by atoms with Crippen molar-refractivity contribution in [2.24, 2.45) is 0 Å². The van der Waals surface area contributed by atoms with Gasteiger partial charge in [-0.25, -0.2) is 0 Å². The maximum Gasteiger partial charge on any atom is 0.0358 e. The molecule has 0 spiro atoms. The third-order valence-electron chi connectivity index (χ3n) is 2.35. The summed E-state index contributed by atoms with van der Waals surface area (Å²) >= 11 is 3.49. The molecule has 0 saturated heterocycles. The minimum atomic E-state index is 1.20. The largest absolute Gasteiger partial charge is 0.263 e. The molecule has 0 aliphatic heterocycles. The first kappa shape index (κ1) is 9.75. The van der Waals surface area contributed by atoms with Crippen LogP contribution >= 0.6 is 22.7 Å². The highest BCUT2D eigenvalue weighted by molar-refractivity contribution is 7.14. The molecule has 0 atom stereocenters. The summed E-state index contributed by atoms with van der Waals surface area (Å²) in [6.45, 7) is 0. The lowest BCUT2D eigenvalue weighted by atomic mass is 10.1. The summed E-state index contributed by atoms with van der Waals surface area (Å²) in [5.41, 5.74) is 2.39. The van der Waals surface area contributed by atoms with Crippen LogP contribution in [0, 0.1) is 0 Å². The summed E-state index contributed by atoms with van der Waals surface area (Å²) in [6, 6.07) is 10.6. The first-order chi connectivity index (χ1) is 7.93. The van der Waals surface area contributed by atoms with Gasteiger partial charge in [-0.3, -0.25) is 4.98 Å². The van der Waals surface area contributed by atoms with E-state index in [9.17, 15) is 0 Å². The van der Waals surface area contributed by atoms with E-state index in [1.807, 2.05) is 12.4 Å². The Hall–Kier alpha value is -1.45. The van der Waals surface area contributed by atoms with Gasteiger partial charge in [-0.15, -0.1) is 22.7 Å². The van der Waals surface area contributed by atoms with E-state index >= 15 is 0 Å². The summed E-state index contributed by atoms with van der Waals surface area (Å²) in [5, 5.41) is 4.18. The minimum Gasteiger partial charge on any atom is -0.263 e. The van der Waals surface area contributed by atoms with Crippen LogP contribution in [0.25, 0.3) is 20.9 Å². The smallest absolute Gasteiger partial charge is 0.0358 e. The van der Waals surface area contributed by atoms with Crippen LogP contribution in [-0.4, -0.2) is 4.98 Å². The molecule has 0 aliphatic rings. The van der Waals surface area contributed by atoms with E-state index < -0.39 is 0 Å². The zero-order valence-corrected chi connectivity index (χ0v) is 10.1. The first-order valence-corrected chi connectivity index (χ1v) is 6.72. The molecule has 78 valence electrons. The molecule has 3 aromatic heterocycles.